The van der Waals surface area contributed by atoms with Crippen LogP contribution in [0.3, 0.4) is 0 Å². The highest BCUT2D eigenvalue weighted by molar-refractivity contribution is 5.92. The largest absolute Gasteiger partial charge is 0.548 e. The highest BCUT2D eigenvalue weighted by Gasteiger charge is 2.45. The smallest absolute Gasteiger partial charge is 0.280 e. The fourth-order valence-electron chi connectivity index (χ4n) is 4.69. The summed E-state index contributed by atoms with van der Waals surface area (Å²) in [6, 6.07) is 8.47. The van der Waals surface area contributed by atoms with Crippen LogP contribution in [-0.2, 0) is 19.8 Å². The molecule has 2 aliphatic rings. The molecule has 0 radical (unpaired) electrons. The molecule has 2 amide bonds. The monoisotopic (exact) mass is 415 g/mol. The second kappa shape index (κ2) is 9.60. The summed E-state index contributed by atoms with van der Waals surface area (Å²) in [5.74, 6) is -1.62. The number of nitrogens with zero attached hydrogens (tertiary/aromatic N) is 1. The summed E-state index contributed by atoms with van der Waals surface area (Å²) in [4.78, 5) is 39.8. The number of hydrogen-bond acceptors (Lipinski definition) is 4. The summed E-state index contributed by atoms with van der Waals surface area (Å²) in [5.41, 5.74) is 0.0155. The van der Waals surface area contributed by atoms with Crippen molar-refractivity contribution in [3.05, 3.63) is 35.9 Å². The Kier molecular flexibility index (Phi) is 7.13. The van der Waals surface area contributed by atoms with Crippen LogP contribution in [0.2, 0.25) is 0 Å². The molecule has 30 heavy (non-hydrogen) atoms. The fraction of sp³-hybridized carbons (Fsp3) is 0.609. The first-order chi connectivity index (χ1) is 14.4. The number of piperidine rings is 1. The van der Waals surface area contributed by atoms with Crippen LogP contribution in [0.15, 0.2) is 30.3 Å². The van der Waals surface area contributed by atoms with Crippen LogP contribution in [-0.4, -0.2) is 54.4 Å². The van der Waals surface area contributed by atoms with Crippen molar-refractivity contribution in [2.24, 2.45) is 5.92 Å². The normalized spacial score (nSPS) is 22.9. The maximum atomic E-state index is 13.5. The van der Waals surface area contributed by atoms with Gasteiger partial charge in [0, 0.05) is 25.9 Å². The van der Waals surface area contributed by atoms with Crippen molar-refractivity contribution in [2.75, 3.05) is 19.6 Å². The number of carbonyl (C=O) groups excluding carboxylic acids is 3. The molecule has 2 fully saturated rings. The van der Waals surface area contributed by atoms with Gasteiger partial charge < -0.3 is 25.4 Å². The summed E-state index contributed by atoms with van der Waals surface area (Å²) in [7, 11) is 0. The van der Waals surface area contributed by atoms with Crippen molar-refractivity contribution >= 4 is 17.8 Å². The van der Waals surface area contributed by atoms with Gasteiger partial charge in [-0.05, 0) is 24.3 Å². The predicted octanol–water partition coefficient (Wildman–Crippen LogP) is -0.447. The molecule has 3 N–H and O–H groups in total. The van der Waals surface area contributed by atoms with Crippen molar-refractivity contribution in [3.8, 4) is 0 Å². The van der Waals surface area contributed by atoms with Gasteiger partial charge in [0.1, 0.15) is 0 Å². The van der Waals surface area contributed by atoms with Crippen molar-refractivity contribution in [1.82, 2.24) is 10.2 Å². The third kappa shape index (κ3) is 4.51. The SMILES string of the molecule is CC[C@@H](C)[C@H](NC(=O)C1(c2ccccc2)CCN(C(=O)[C@@H]2CCC[NH2+]2)CC1)C(=O)[O-]. The molecule has 0 aromatic heterocycles. The number of hydrogen-bond donors (Lipinski definition) is 2. The molecule has 164 valence electrons. The number of nitrogens with two attached hydrogens (primary N) is 1. The minimum atomic E-state index is -1.26. The van der Waals surface area contributed by atoms with E-state index >= 15 is 0 Å². The van der Waals surface area contributed by atoms with Crippen LogP contribution in [0.4, 0.5) is 0 Å². The number of quaternary nitrogens is 1. The molecular formula is C23H33N3O4. The lowest BCUT2D eigenvalue weighted by Gasteiger charge is -2.42. The number of carbonyl (C=O) groups is 3. The van der Waals surface area contributed by atoms with Gasteiger partial charge in [-0.1, -0.05) is 50.6 Å². The molecule has 2 saturated heterocycles. The minimum absolute atomic E-state index is 0.00378. The molecule has 1 aromatic carbocycles. The quantitative estimate of drug-likeness (QED) is 0.629. The van der Waals surface area contributed by atoms with Gasteiger partial charge in [0.2, 0.25) is 5.91 Å². The fourth-order valence-corrected chi connectivity index (χ4v) is 4.69. The van der Waals surface area contributed by atoms with E-state index < -0.39 is 17.4 Å². The number of carboxylic acid groups (broad SMARTS) is 1. The van der Waals surface area contributed by atoms with E-state index in [1.807, 2.05) is 42.2 Å². The molecule has 0 aliphatic carbocycles. The van der Waals surface area contributed by atoms with E-state index in [1.165, 1.54) is 0 Å². The second-order valence-electron chi connectivity index (χ2n) is 8.70. The van der Waals surface area contributed by atoms with Gasteiger partial charge in [0.25, 0.3) is 5.91 Å². The maximum absolute atomic E-state index is 13.5. The van der Waals surface area contributed by atoms with Crippen molar-refractivity contribution in [1.29, 1.82) is 0 Å². The molecule has 0 bridgehead atoms. The number of amides is 2. The lowest BCUT2D eigenvalue weighted by atomic mass is 9.71. The van der Waals surface area contributed by atoms with Gasteiger partial charge in [-0.15, -0.1) is 0 Å². The molecular weight excluding hydrogens is 382 g/mol. The van der Waals surface area contributed by atoms with Gasteiger partial charge >= 0.3 is 0 Å². The Bertz CT molecular complexity index is 753. The number of rotatable bonds is 7. The molecule has 2 aliphatic heterocycles. The number of benzene rings is 1. The molecule has 3 rings (SSSR count). The van der Waals surface area contributed by atoms with Crippen LogP contribution in [0.25, 0.3) is 0 Å². The Morgan fingerprint density at radius 2 is 1.90 bits per heavy atom. The predicted molar refractivity (Wildman–Crippen MR) is 110 cm³/mol. The van der Waals surface area contributed by atoms with E-state index in [9.17, 15) is 19.5 Å². The summed E-state index contributed by atoms with van der Waals surface area (Å²) in [6.07, 6.45) is 3.53. The second-order valence-corrected chi connectivity index (χ2v) is 8.70. The van der Waals surface area contributed by atoms with E-state index in [0.717, 1.165) is 24.9 Å². The van der Waals surface area contributed by atoms with Gasteiger partial charge in [0.15, 0.2) is 6.04 Å². The van der Waals surface area contributed by atoms with E-state index in [-0.39, 0.29) is 23.8 Å². The Morgan fingerprint density at radius 3 is 2.43 bits per heavy atom. The minimum Gasteiger partial charge on any atom is -0.548 e. The van der Waals surface area contributed by atoms with Crippen LogP contribution < -0.4 is 15.7 Å². The topological polar surface area (TPSA) is 106 Å². The molecule has 7 heteroatoms. The van der Waals surface area contributed by atoms with Crippen LogP contribution in [0.1, 0.15) is 51.5 Å². The third-order valence-corrected chi connectivity index (χ3v) is 6.93. The van der Waals surface area contributed by atoms with Gasteiger partial charge in [-0.25, -0.2) is 0 Å². The maximum Gasteiger partial charge on any atom is 0.280 e. The molecule has 1 aromatic rings. The first kappa shape index (κ1) is 22.3. The molecule has 7 nitrogen and oxygen atoms in total. The van der Waals surface area contributed by atoms with Crippen LogP contribution in [0.5, 0.6) is 0 Å². The zero-order valence-electron chi connectivity index (χ0n) is 17.9. The standard InChI is InChI=1S/C23H33N3O4/c1-3-16(2)19(21(28)29)25-22(30)23(17-8-5-4-6-9-17)11-14-26(15-12-23)20(27)18-10-7-13-24-18/h4-6,8-9,16,18-19,24H,3,7,10-15H2,1-2H3,(H,25,30)(H,28,29)/t16-,18+,19+/m1/s1. The molecule has 2 heterocycles. The van der Waals surface area contributed by atoms with Crippen molar-refractivity contribution < 1.29 is 24.8 Å². The Balaban J connectivity index is 1.80. The Morgan fingerprint density at radius 1 is 1.23 bits per heavy atom. The third-order valence-electron chi connectivity index (χ3n) is 6.93. The Labute approximate surface area is 178 Å². The zero-order chi connectivity index (χ0) is 21.7. The van der Waals surface area contributed by atoms with E-state index in [1.54, 1.807) is 6.92 Å². The van der Waals surface area contributed by atoms with E-state index in [2.05, 4.69) is 10.6 Å². The van der Waals surface area contributed by atoms with E-state index in [0.29, 0.717) is 32.4 Å². The van der Waals surface area contributed by atoms with Crippen LogP contribution in [0, 0.1) is 5.92 Å². The van der Waals surface area contributed by atoms with Crippen molar-refractivity contribution in [2.45, 2.75) is 63.5 Å². The molecule has 0 spiro atoms. The first-order valence-corrected chi connectivity index (χ1v) is 11.1. The number of likely N-dealkylation sites (tertiary alicyclic amines) is 1. The average Bonchev–Trinajstić information content (AvgIpc) is 3.31. The van der Waals surface area contributed by atoms with Gasteiger partial charge in [-0.2, -0.15) is 0 Å². The molecule has 0 saturated carbocycles. The van der Waals surface area contributed by atoms with Gasteiger partial charge in [0.05, 0.1) is 24.0 Å². The number of carboxylic acids is 1. The summed E-state index contributed by atoms with van der Waals surface area (Å²) < 4.78 is 0. The molecule has 3 atom stereocenters. The highest BCUT2D eigenvalue weighted by Crippen LogP contribution is 2.36. The average molecular weight is 416 g/mol. The highest BCUT2D eigenvalue weighted by atomic mass is 16.4. The van der Waals surface area contributed by atoms with Gasteiger partial charge in [-0.3, -0.25) is 9.59 Å². The lowest BCUT2D eigenvalue weighted by molar-refractivity contribution is -0.658. The summed E-state index contributed by atoms with van der Waals surface area (Å²) in [5, 5.41) is 16.5. The first-order valence-electron chi connectivity index (χ1n) is 11.1. The zero-order valence-corrected chi connectivity index (χ0v) is 17.9. The summed E-state index contributed by atoms with van der Waals surface area (Å²) in [6.45, 7) is 5.66. The number of nitrogens with one attached hydrogen (secondary N) is 1. The number of aliphatic carboxylic acids is 1. The van der Waals surface area contributed by atoms with Crippen molar-refractivity contribution in [3.63, 3.8) is 0 Å². The van der Waals surface area contributed by atoms with Crippen LogP contribution >= 0.6 is 0 Å². The van der Waals surface area contributed by atoms with E-state index in [4.69, 9.17) is 0 Å². The Hall–Kier alpha value is -2.41. The summed E-state index contributed by atoms with van der Waals surface area (Å²) >= 11 is 0. The lowest BCUT2D eigenvalue weighted by Crippen LogP contribution is -2.89. The molecule has 0 unspecified atom stereocenters.